The van der Waals surface area contributed by atoms with E-state index >= 15 is 0 Å². The van der Waals surface area contributed by atoms with Crippen molar-refractivity contribution in [3.63, 3.8) is 0 Å². The summed E-state index contributed by atoms with van der Waals surface area (Å²) in [6.45, 7) is 8.11. The van der Waals surface area contributed by atoms with Gasteiger partial charge in [-0.1, -0.05) is 57.5 Å². The minimum atomic E-state index is 0.430. The smallest absolute Gasteiger partial charge is 0.0166 e. The minimum absolute atomic E-state index is 0.430. The van der Waals surface area contributed by atoms with E-state index in [2.05, 4.69) is 56.4 Å². The Labute approximate surface area is 118 Å². The van der Waals surface area contributed by atoms with Gasteiger partial charge in [0.1, 0.15) is 0 Å². The molecular weight excluding hydrogens is 230 g/mol. The van der Waals surface area contributed by atoms with Crippen molar-refractivity contribution in [2.75, 3.05) is 6.54 Å². The zero-order chi connectivity index (χ0) is 13.7. The number of rotatable bonds is 8. The molecule has 1 nitrogen and oxygen atoms in total. The van der Waals surface area contributed by atoms with Crippen molar-refractivity contribution in [2.24, 2.45) is 5.92 Å². The van der Waals surface area contributed by atoms with Crippen LogP contribution in [0.3, 0.4) is 0 Å². The van der Waals surface area contributed by atoms with Crippen molar-refractivity contribution >= 4 is 0 Å². The standard InChI is InChI=1S/C18H29N/c1-4-13-19-17(14-15(3)5-2)18(11-12-18)16-9-7-6-8-10-16/h6-10,15,17,19H,4-5,11-14H2,1-3H3. The lowest BCUT2D eigenvalue weighted by atomic mass is 9.82. The van der Waals surface area contributed by atoms with Crippen LogP contribution < -0.4 is 5.32 Å². The lowest BCUT2D eigenvalue weighted by Crippen LogP contribution is -2.41. The molecule has 2 atom stereocenters. The van der Waals surface area contributed by atoms with Gasteiger partial charge in [0.05, 0.1) is 0 Å². The first-order valence-electron chi connectivity index (χ1n) is 8.02. The molecule has 1 aromatic carbocycles. The summed E-state index contributed by atoms with van der Waals surface area (Å²) < 4.78 is 0. The molecule has 0 radical (unpaired) electrons. The summed E-state index contributed by atoms with van der Waals surface area (Å²) in [5, 5.41) is 3.84. The average Bonchev–Trinajstić information content (AvgIpc) is 3.25. The molecule has 0 heterocycles. The Morgan fingerprint density at radius 1 is 1.16 bits per heavy atom. The molecular formula is C18H29N. The molecule has 1 aromatic rings. The highest BCUT2D eigenvalue weighted by Crippen LogP contribution is 2.52. The first-order valence-corrected chi connectivity index (χ1v) is 8.02. The van der Waals surface area contributed by atoms with Crippen molar-refractivity contribution < 1.29 is 0 Å². The Bertz CT molecular complexity index is 367. The molecule has 2 unspecified atom stereocenters. The second-order valence-corrected chi connectivity index (χ2v) is 6.28. The maximum Gasteiger partial charge on any atom is 0.0166 e. The zero-order valence-corrected chi connectivity index (χ0v) is 12.8. The van der Waals surface area contributed by atoms with Crippen LogP contribution in [0.1, 0.15) is 58.4 Å². The normalized spacial score (nSPS) is 19.9. The summed E-state index contributed by atoms with van der Waals surface area (Å²) in [7, 11) is 0. The molecule has 2 rings (SSSR count). The van der Waals surface area contributed by atoms with Crippen LogP contribution in [-0.4, -0.2) is 12.6 Å². The largest absolute Gasteiger partial charge is 0.313 e. The van der Waals surface area contributed by atoms with E-state index in [-0.39, 0.29) is 0 Å². The molecule has 1 N–H and O–H groups in total. The van der Waals surface area contributed by atoms with Crippen molar-refractivity contribution in [1.29, 1.82) is 0 Å². The van der Waals surface area contributed by atoms with Crippen molar-refractivity contribution in [1.82, 2.24) is 5.32 Å². The van der Waals surface area contributed by atoms with Crippen LogP contribution in [0.5, 0.6) is 0 Å². The Morgan fingerprint density at radius 2 is 1.84 bits per heavy atom. The van der Waals surface area contributed by atoms with Gasteiger partial charge in [0.15, 0.2) is 0 Å². The molecule has 1 heteroatoms. The number of benzene rings is 1. The van der Waals surface area contributed by atoms with E-state index in [4.69, 9.17) is 0 Å². The van der Waals surface area contributed by atoms with Gasteiger partial charge in [-0.05, 0) is 43.7 Å². The molecule has 1 aliphatic rings. The third-order valence-corrected chi connectivity index (χ3v) is 4.78. The summed E-state index contributed by atoms with van der Waals surface area (Å²) in [5.41, 5.74) is 1.98. The minimum Gasteiger partial charge on any atom is -0.313 e. The topological polar surface area (TPSA) is 12.0 Å². The van der Waals surface area contributed by atoms with Crippen LogP contribution in [-0.2, 0) is 5.41 Å². The fourth-order valence-corrected chi connectivity index (χ4v) is 3.13. The monoisotopic (exact) mass is 259 g/mol. The molecule has 0 amide bonds. The van der Waals surface area contributed by atoms with Crippen LogP contribution in [0.2, 0.25) is 0 Å². The predicted molar refractivity (Wildman–Crippen MR) is 83.5 cm³/mol. The second-order valence-electron chi connectivity index (χ2n) is 6.28. The zero-order valence-electron chi connectivity index (χ0n) is 12.8. The highest BCUT2D eigenvalue weighted by Gasteiger charge is 2.50. The first-order chi connectivity index (χ1) is 9.23. The molecule has 0 aliphatic heterocycles. The fraction of sp³-hybridized carbons (Fsp3) is 0.667. The molecule has 1 saturated carbocycles. The molecule has 0 saturated heterocycles. The molecule has 106 valence electrons. The summed E-state index contributed by atoms with van der Waals surface area (Å²) in [5.74, 6) is 0.815. The lowest BCUT2D eigenvalue weighted by molar-refractivity contribution is 0.334. The molecule has 1 aliphatic carbocycles. The van der Waals surface area contributed by atoms with Gasteiger partial charge in [0.25, 0.3) is 0 Å². The van der Waals surface area contributed by atoms with Crippen LogP contribution in [0.15, 0.2) is 30.3 Å². The van der Waals surface area contributed by atoms with Gasteiger partial charge >= 0.3 is 0 Å². The first kappa shape index (κ1) is 14.6. The van der Waals surface area contributed by atoms with E-state index in [0.29, 0.717) is 11.5 Å². The lowest BCUT2D eigenvalue weighted by Gasteiger charge is -2.31. The molecule has 1 fully saturated rings. The molecule has 19 heavy (non-hydrogen) atoms. The quantitative estimate of drug-likeness (QED) is 0.723. The highest BCUT2D eigenvalue weighted by atomic mass is 14.9. The van der Waals surface area contributed by atoms with E-state index in [1.54, 1.807) is 5.56 Å². The number of hydrogen-bond donors (Lipinski definition) is 1. The molecule has 0 aromatic heterocycles. The van der Waals surface area contributed by atoms with E-state index in [0.717, 1.165) is 12.5 Å². The number of nitrogens with one attached hydrogen (secondary N) is 1. The Morgan fingerprint density at radius 3 is 2.37 bits per heavy atom. The number of hydrogen-bond acceptors (Lipinski definition) is 1. The predicted octanol–water partition coefficient (Wildman–Crippen LogP) is 4.52. The van der Waals surface area contributed by atoms with E-state index in [1.165, 1.54) is 32.1 Å². The summed E-state index contributed by atoms with van der Waals surface area (Å²) in [6.07, 6.45) is 6.53. The summed E-state index contributed by atoms with van der Waals surface area (Å²) in [6, 6.07) is 11.8. The molecule has 0 spiro atoms. The van der Waals surface area contributed by atoms with Crippen LogP contribution in [0, 0.1) is 5.92 Å². The SMILES string of the molecule is CCCNC(CC(C)CC)C1(c2ccccc2)CC1. The third kappa shape index (κ3) is 3.39. The average molecular weight is 259 g/mol. The Balaban J connectivity index is 2.12. The maximum atomic E-state index is 3.84. The van der Waals surface area contributed by atoms with Gasteiger partial charge in [-0.2, -0.15) is 0 Å². The Kier molecular flexibility index (Phi) is 5.04. The van der Waals surface area contributed by atoms with Crippen molar-refractivity contribution in [3.8, 4) is 0 Å². The van der Waals surface area contributed by atoms with E-state index < -0.39 is 0 Å². The van der Waals surface area contributed by atoms with Crippen molar-refractivity contribution in [2.45, 2.75) is 64.3 Å². The van der Waals surface area contributed by atoms with E-state index in [9.17, 15) is 0 Å². The van der Waals surface area contributed by atoms with Crippen LogP contribution >= 0.6 is 0 Å². The maximum absolute atomic E-state index is 3.84. The summed E-state index contributed by atoms with van der Waals surface area (Å²) in [4.78, 5) is 0. The van der Waals surface area contributed by atoms with E-state index in [1.807, 2.05) is 0 Å². The third-order valence-electron chi connectivity index (χ3n) is 4.78. The van der Waals surface area contributed by atoms with Crippen LogP contribution in [0.25, 0.3) is 0 Å². The Hall–Kier alpha value is -0.820. The van der Waals surface area contributed by atoms with Crippen LogP contribution in [0.4, 0.5) is 0 Å². The van der Waals surface area contributed by atoms with Gasteiger partial charge in [-0.15, -0.1) is 0 Å². The van der Waals surface area contributed by atoms with Gasteiger partial charge < -0.3 is 5.32 Å². The molecule has 0 bridgehead atoms. The van der Waals surface area contributed by atoms with Gasteiger partial charge in [-0.3, -0.25) is 0 Å². The van der Waals surface area contributed by atoms with Gasteiger partial charge in [0.2, 0.25) is 0 Å². The van der Waals surface area contributed by atoms with Crippen molar-refractivity contribution in [3.05, 3.63) is 35.9 Å². The second kappa shape index (κ2) is 6.56. The van der Waals surface area contributed by atoms with Gasteiger partial charge in [0, 0.05) is 11.5 Å². The van der Waals surface area contributed by atoms with Gasteiger partial charge in [-0.25, -0.2) is 0 Å². The summed E-state index contributed by atoms with van der Waals surface area (Å²) >= 11 is 0. The highest BCUT2D eigenvalue weighted by molar-refractivity contribution is 5.33. The fourth-order valence-electron chi connectivity index (χ4n) is 3.13.